The van der Waals surface area contributed by atoms with Crippen LogP contribution < -0.4 is 0 Å². The molecule has 2 aromatic rings. The molecule has 0 spiro atoms. The van der Waals surface area contributed by atoms with Gasteiger partial charge in [-0.2, -0.15) is 0 Å². The summed E-state index contributed by atoms with van der Waals surface area (Å²) >= 11 is 3.29. The zero-order valence-corrected chi connectivity index (χ0v) is 11.6. The molecule has 3 rings (SSSR count). The zero-order valence-electron chi connectivity index (χ0n) is 9.97. The van der Waals surface area contributed by atoms with Crippen LogP contribution in [-0.2, 0) is 0 Å². The predicted octanol–water partition coefficient (Wildman–Crippen LogP) is 3.34. The molecule has 2 aromatic carbocycles. The summed E-state index contributed by atoms with van der Waals surface area (Å²) in [5.74, 6) is -0.591. The molecular formula is C15H10BrNO2. The van der Waals surface area contributed by atoms with Crippen LogP contribution in [-0.4, -0.2) is 21.7 Å². The van der Waals surface area contributed by atoms with Crippen molar-refractivity contribution in [1.82, 2.24) is 4.90 Å². The minimum atomic E-state index is -0.504. The van der Waals surface area contributed by atoms with E-state index >= 15 is 0 Å². The summed E-state index contributed by atoms with van der Waals surface area (Å²) in [6.45, 7) is 3.62. The second-order valence-corrected chi connectivity index (χ2v) is 5.24. The molecule has 1 atom stereocenters. The first kappa shape index (κ1) is 12.1. The van der Waals surface area contributed by atoms with Crippen molar-refractivity contribution in [1.29, 1.82) is 0 Å². The number of alkyl halides is 1. The molecular weight excluding hydrogens is 306 g/mol. The third-order valence-corrected chi connectivity index (χ3v) is 4.03. The third-order valence-electron chi connectivity index (χ3n) is 3.24. The van der Waals surface area contributed by atoms with E-state index in [1.54, 1.807) is 12.1 Å². The van der Waals surface area contributed by atoms with E-state index in [4.69, 9.17) is 0 Å². The Hall–Kier alpha value is -1.94. The van der Waals surface area contributed by atoms with Gasteiger partial charge in [0.1, 0.15) is 4.95 Å². The number of carbonyl (C=O) groups excluding carboxylic acids is 2. The maximum Gasteiger partial charge on any atom is 0.262 e. The molecule has 4 heteroatoms. The fourth-order valence-corrected chi connectivity index (χ4v) is 2.75. The van der Waals surface area contributed by atoms with Crippen molar-refractivity contribution in [3.8, 4) is 0 Å². The van der Waals surface area contributed by atoms with Crippen molar-refractivity contribution in [2.45, 2.75) is 4.95 Å². The SMILES string of the molecule is C=CC(Br)N1C(=O)c2cccc3cccc(c23)C1=O. The van der Waals surface area contributed by atoms with Gasteiger partial charge in [-0.1, -0.05) is 46.3 Å². The molecule has 1 heterocycles. The van der Waals surface area contributed by atoms with Crippen molar-refractivity contribution < 1.29 is 9.59 Å². The average Bonchev–Trinajstić information content (AvgIpc) is 2.44. The van der Waals surface area contributed by atoms with Crippen molar-refractivity contribution in [3.05, 3.63) is 60.2 Å². The zero-order chi connectivity index (χ0) is 13.6. The highest BCUT2D eigenvalue weighted by Crippen LogP contribution is 2.31. The van der Waals surface area contributed by atoms with Crippen LogP contribution in [0.15, 0.2) is 49.1 Å². The average molecular weight is 316 g/mol. The van der Waals surface area contributed by atoms with Crippen LogP contribution in [0.2, 0.25) is 0 Å². The van der Waals surface area contributed by atoms with Crippen LogP contribution in [0.1, 0.15) is 20.7 Å². The maximum absolute atomic E-state index is 12.4. The second-order valence-electron chi connectivity index (χ2n) is 4.30. The number of benzene rings is 2. The smallest absolute Gasteiger partial charge is 0.262 e. The molecule has 0 fully saturated rings. The maximum atomic E-state index is 12.4. The standard InChI is InChI=1S/C15H10BrNO2/c1-2-12(16)17-14(18)10-7-3-5-9-6-4-8-11(13(9)10)15(17)19/h2-8,12H,1H2. The fraction of sp³-hybridized carbons (Fsp3) is 0.0667. The van der Waals surface area contributed by atoms with Gasteiger partial charge in [0, 0.05) is 16.5 Å². The van der Waals surface area contributed by atoms with Gasteiger partial charge in [0.25, 0.3) is 11.8 Å². The highest BCUT2D eigenvalue weighted by molar-refractivity contribution is 9.09. The lowest BCUT2D eigenvalue weighted by molar-refractivity contribution is 0.0616. The fourth-order valence-electron chi connectivity index (χ4n) is 2.38. The number of nitrogens with zero attached hydrogens (tertiary/aromatic N) is 1. The Morgan fingerprint density at radius 3 is 2.05 bits per heavy atom. The number of carbonyl (C=O) groups is 2. The monoisotopic (exact) mass is 315 g/mol. The lowest BCUT2D eigenvalue weighted by Crippen LogP contribution is -2.43. The molecule has 2 amide bonds. The van der Waals surface area contributed by atoms with Crippen LogP contribution in [0.4, 0.5) is 0 Å². The topological polar surface area (TPSA) is 37.4 Å². The van der Waals surface area contributed by atoms with Gasteiger partial charge >= 0.3 is 0 Å². The lowest BCUT2D eigenvalue weighted by Gasteiger charge is -2.29. The Morgan fingerprint density at radius 2 is 1.58 bits per heavy atom. The lowest BCUT2D eigenvalue weighted by atomic mass is 9.94. The van der Waals surface area contributed by atoms with Crippen molar-refractivity contribution in [2.75, 3.05) is 0 Å². The third kappa shape index (κ3) is 1.64. The number of halogens is 1. The number of imide groups is 1. The van der Waals surface area contributed by atoms with E-state index in [-0.39, 0.29) is 11.8 Å². The van der Waals surface area contributed by atoms with Gasteiger partial charge < -0.3 is 0 Å². The first-order chi connectivity index (χ1) is 9.15. The number of hydrogen-bond donors (Lipinski definition) is 0. The van der Waals surface area contributed by atoms with E-state index in [1.165, 1.54) is 11.0 Å². The van der Waals surface area contributed by atoms with Crippen molar-refractivity contribution >= 4 is 38.5 Å². The van der Waals surface area contributed by atoms with Crippen LogP contribution >= 0.6 is 15.9 Å². The largest absolute Gasteiger partial charge is 0.269 e. The molecule has 0 saturated carbocycles. The van der Waals surface area contributed by atoms with E-state index < -0.39 is 4.95 Å². The minimum absolute atomic E-state index is 0.295. The molecule has 0 radical (unpaired) electrons. The summed E-state index contributed by atoms with van der Waals surface area (Å²) < 4.78 is 0. The van der Waals surface area contributed by atoms with E-state index in [1.807, 2.05) is 24.3 Å². The molecule has 1 unspecified atom stereocenters. The predicted molar refractivity (Wildman–Crippen MR) is 77.4 cm³/mol. The van der Waals surface area contributed by atoms with E-state index in [2.05, 4.69) is 22.5 Å². The number of hydrogen-bond acceptors (Lipinski definition) is 2. The Balaban J connectivity index is 2.34. The minimum Gasteiger partial charge on any atom is -0.269 e. The second kappa shape index (κ2) is 4.31. The Bertz CT molecular complexity index is 672. The molecule has 0 saturated heterocycles. The van der Waals surface area contributed by atoms with Crippen molar-refractivity contribution in [2.24, 2.45) is 0 Å². The van der Waals surface area contributed by atoms with E-state index in [0.29, 0.717) is 11.1 Å². The first-order valence-corrected chi connectivity index (χ1v) is 6.73. The number of rotatable bonds is 2. The van der Waals surface area contributed by atoms with Gasteiger partial charge in [-0.05, 0) is 17.5 Å². The normalized spacial score (nSPS) is 15.7. The molecule has 0 N–H and O–H groups in total. The van der Waals surface area contributed by atoms with Crippen LogP contribution in [0.3, 0.4) is 0 Å². The van der Waals surface area contributed by atoms with E-state index in [9.17, 15) is 9.59 Å². The molecule has 94 valence electrons. The van der Waals surface area contributed by atoms with Gasteiger partial charge in [0.2, 0.25) is 0 Å². The Labute approximate surface area is 118 Å². The molecule has 3 nitrogen and oxygen atoms in total. The summed E-state index contributed by atoms with van der Waals surface area (Å²) in [5.41, 5.74) is 1.11. The quantitative estimate of drug-likeness (QED) is 0.369. The summed E-state index contributed by atoms with van der Waals surface area (Å²) in [5, 5.41) is 1.64. The molecule has 1 aliphatic rings. The molecule has 0 aliphatic carbocycles. The van der Waals surface area contributed by atoms with E-state index in [0.717, 1.165) is 10.8 Å². The summed E-state index contributed by atoms with van der Waals surface area (Å²) in [7, 11) is 0. The van der Waals surface area contributed by atoms with Crippen LogP contribution in [0, 0.1) is 0 Å². The van der Waals surface area contributed by atoms with Gasteiger partial charge in [-0.15, -0.1) is 6.58 Å². The molecule has 0 aromatic heterocycles. The molecule has 0 bridgehead atoms. The summed E-state index contributed by atoms with van der Waals surface area (Å²) in [4.78, 5) is 25.6. The highest BCUT2D eigenvalue weighted by Gasteiger charge is 2.35. The first-order valence-electron chi connectivity index (χ1n) is 5.81. The molecule has 1 aliphatic heterocycles. The van der Waals surface area contributed by atoms with Crippen LogP contribution in [0.5, 0.6) is 0 Å². The van der Waals surface area contributed by atoms with Gasteiger partial charge in [0.15, 0.2) is 0 Å². The summed E-state index contributed by atoms with van der Waals surface area (Å²) in [6, 6.07) is 10.9. The highest BCUT2D eigenvalue weighted by atomic mass is 79.9. The Kier molecular flexibility index (Phi) is 2.75. The Morgan fingerprint density at radius 1 is 1.05 bits per heavy atom. The van der Waals surface area contributed by atoms with Gasteiger partial charge in [0.05, 0.1) is 0 Å². The number of amides is 2. The van der Waals surface area contributed by atoms with Gasteiger partial charge in [-0.3, -0.25) is 14.5 Å². The summed E-state index contributed by atoms with van der Waals surface area (Å²) in [6.07, 6.45) is 1.52. The van der Waals surface area contributed by atoms with Gasteiger partial charge in [-0.25, -0.2) is 0 Å². The molecule has 19 heavy (non-hydrogen) atoms. The van der Waals surface area contributed by atoms with Crippen molar-refractivity contribution in [3.63, 3.8) is 0 Å². The van der Waals surface area contributed by atoms with Crippen LogP contribution in [0.25, 0.3) is 10.8 Å².